The Kier molecular flexibility index (Phi) is 4.71. The molecule has 8 heteroatoms. The Morgan fingerprint density at radius 3 is 2.65 bits per heavy atom. The highest BCUT2D eigenvalue weighted by atomic mass is 19.3. The summed E-state index contributed by atoms with van der Waals surface area (Å²) in [6.07, 6.45) is 6.48. The molecule has 3 N–H and O–H groups in total. The minimum atomic E-state index is -2.91. The second kappa shape index (κ2) is 7.21. The summed E-state index contributed by atoms with van der Waals surface area (Å²) in [7, 11) is 0. The number of urea groups is 1. The number of hydrogen-bond acceptors (Lipinski definition) is 3. The number of nitrogens with one attached hydrogen (secondary N) is 3. The molecule has 3 amide bonds. The highest BCUT2D eigenvalue weighted by Gasteiger charge is 2.44. The molecule has 2 fully saturated rings. The van der Waals surface area contributed by atoms with Crippen molar-refractivity contribution >= 4 is 28.6 Å². The SMILES string of the molecule is Cc1cc2cc(C(=O)NCC(F)(F)C3CCC3)oc2c2c1NC(=O)NC21CCCCC1. The molecular weight excluding hydrogens is 404 g/mol. The molecule has 1 aromatic carbocycles. The smallest absolute Gasteiger partial charge is 0.319 e. The molecule has 2 heterocycles. The van der Waals surface area contributed by atoms with Crippen LogP contribution in [0.1, 0.15) is 73.0 Å². The number of amides is 3. The molecule has 0 radical (unpaired) electrons. The highest BCUT2D eigenvalue weighted by molar-refractivity contribution is 6.03. The molecule has 1 aliphatic heterocycles. The third-order valence-electron chi connectivity index (χ3n) is 7.19. The third kappa shape index (κ3) is 3.36. The lowest BCUT2D eigenvalue weighted by atomic mass is 9.74. The zero-order chi connectivity index (χ0) is 21.8. The van der Waals surface area contributed by atoms with Crippen molar-refractivity contribution in [3.63, 3.8) is 0 Å². The van der Waals surface area contributed by atoms with Gasteiger partial charge in [-0.3, -0.25) is 4.79 Å². The number of carbonyl (C=O) groups excluding carboxylic acids is 2. The molecule has 1 spiro atoms. The van der Waals surface area contributed by atoms with Gasteiger partial charge in [-0.2, -0.15) is 0 Å². The lowest BCUT2D eigenvalue weighted by Crippen LogP contribution is -2.52. The predicted molar refractivity (Wildman–Crippen MR) is 112 cm³/mol. The maximum atomic E-state index is 14.2. The van der Waals surface area contributed by atoms with Gasteiger partial charge in [-0.05, 0) is 50.3 Å². The molecular formula is C23H27F2N3O3. The number of carbonyl (C=O) groups is 2. The van der Waals surface area contributed by atoms with Crippen molar-refractivity contribution < 1.29 is 22.8 Å². The van der Waals surface area contributed by atoms with E-state index in [1.165, 1.54) is 0 Å². The third-order valence-corrected chi connectivity index (χ3v) is 7.19. The molecule has 0 unspecified atom stereocenters. The Labute approximate surface area is 179 Å². The van der Waals surface area contributed by atoms with Gasteiger partial charge in [0.15, 0.2) is 5.76 Å². The fraction of sp³-hybridized carbons (Fsp3) is 0.565. The zero-order valence-electron chi connectivity index (χ0n) is 17.6. The van der Waals surface area contributed by atoms with Crippen molar-refractivity contribution in [1.29, 1.82) is 0 Å². The Bertz CT molecular complexity index is 1050. The monoisotopic (exact) mass is 431 g/mol. The van der Waals surface area contributed by atoms with Gasteiger partial charge in [0, 0.05) is 16.9 Å². The van der Waals surface area contributed by atoms with Gasteiger partial charge in [-0.15, -0.1) is 0 Å². The van der Waals surface area contributed by atoms with Crippen LogP contribution < -0.4 is 16.0 Å². The van der Waals surface area contributed by atoms with E-state index in [1.54, 1.807) is 6.07 Å². The van der Waals surface area contributed by atoms with E-state index in [0.29, 0.717) is 18.4 Å². The average Bonchev–Trinajstić information content (AvgIpc) is 3.08. The number of alkyl halides is 2. The van der Waals surface area contributed by atoms with E-state index in [4.69, 9.17) is 4.42 Å². The number of rotatable bonds is 4. The summed E-state index contributed by atoms with van der Waals surface area (Å²) < 4.78 is 34.4. The molecule has 0 bridgehead atoms. The second-order valence-electron chi connectivity index (χ2n) is 9.27. The quantitative estimate of drug-likeness (QED) is 0.622. The molecule has 31 heavy (non-hydrogen) atoms. The fourth-order valence-electron chi connectivity index (χ4n) is 5.27. The predicted octanol–water partition coefficient (Wildman–Crippen LogP) is 5.20. The van der Waals surface area contributed by atoms with Crippen LogP contribution in [-0.4, -0.2) is 24.4 Å². The van der Waals surface area contributed by atoms with Crippen LogP contribution in [-0.2, 0) is 5.54 Å². The first-order chi connectivity index (χ1) is 14.8. The van der Waals surface area contributed by atoms with Crippen LogP contribution in [0.4, 0.5) is 19.3 Å². The normalized spacial score (nSPS) is 20.7. The van der Waals surface area contributed by atoms with Gasteiger partial charge in [0.25, 0.3) is 11.8 Å². The number of furan rings is 1. The highest BCUT2D eigenvalue weighted by Crippen LogP contribution is 2.47. The van der Waals surface area contributed by atoms with Crippen molar-refractivity contribution in [2.45, 2.75) is 69.8 Å². The summed E-state index contributed by atoms with van der Waals surface area (Å²) in [4.78, 5) is 25.0. The Hall–Kier alpha value is -2.64. The molecule has 6 nitrogen and oxygen atoms in total. The van der Waals surface area contributed by atoms with Crippen molar-refractivity contribution in [2.75, 3.05) is 11.9 Å². The van der Waals surface area contributed by atoms with Gasteiger partial charge in [0.2, 0.25) is 0 Å². The van der Waals surface area contributed by atoms with Gasteiger partial charge in [0.05, 0.1) is 17.8 Å². The molecule has 0 saturated heterocycles. The first-order valence-corrected chi connectivity index (χ1v) is 11.1. The largest absolute Gasteiger partial charge is 0.450 e. The maximum Gasteiger partial charge on any atom is 0.319 e. The molecule has 2 saturated carbocycles. The minimum absolute atomic E-state index is 0.00932. The summed E-state index contributed by atoms with van der Waals surface area (Å²) >= 11 is 0. The first-order valence-electron chi connectivity index (χ1n) is 11.1. The molecule has 0 atom stereocenters. The number of aryl methyl sites for hydroxylation is 1. The van der Waals surface area contributed by atoms with Crippen molar-refractivity contribution in [2.24, 2.45) is 5.92 Å². The number of anilines is 1. The molecule has 1 aromatic heterocycles. The van der Waals surface area contributed by atoms with E-state index in [1.807, 2.05) is 13.0 Å². The summed E-state index contributed by atoms with van der Waals surface area (Å²) in [5.74, 6) is -4.20. The minimum Gasteiger partial charge on any atom is -0.450 e. The van der Waals surface area contributed by atoms with Crippen LogP contribution >= 0.6 is 0 Å². The van der Waals surface area contributed by atoms with Gasteiger partial charge in [-0.25, -0.2) is 13.6 Å². The van der Waals surface area contributed by atoms with E-state index in [2.05, 4.69) is 16.0 Å². The van der Waals surface area contributed by atoms with Crippen LogP contribution in [0.5, 0.6) is 0 Å². The summed E-state index contributed by atoms with van der Waals surface area (Å²) in [5, 5.41) is 9.08. The van der Waals surface area contributed by atoms with Crippen molar-refractivity contribution in [3.05, 3.63) is 29.0 Å². The fourth-order valence-corrected chi connectivity index (χ4v) is 5.27. The van der Waals surface area contributed by atoms with E-state index in [9.17, 15) is 18.4 Å². The molecule has 5 rings (SSSR count). The van der Waals surface area contributed by atoms with E-state index < -0.39 is 29.8 Å². The number of halogens is 2. The van der Waals surface area contributed by atoms with Crippen LogP contribution in [0.3, 0.4) is 0 Å². The number of hydrogen-bond donors (Lipinski definition) is 3. The molecule has 3 aliphatic rings. The van der Waals surface area contributed by atoms with Crippen molar-refractivity contribution in [3.8, 4) is 0 Å². The van der Waals surface area contributed by atoms with Crippen LogP contribution in [0.25, 0.3) is 11.0 Å². The average molecular weight is 431 g/mol. The van der Waals surface area contributed by atoms with E-state index in [0.717, 1.165) is 60.7 Å². The van der Waals surface area contributed by atoms with Crippen LogP contribution in [0.2, 0.25) is 0 Å². The summed E-state index contributed by atoms with van der Waals surface area (Å²) in [5.41, 5.74) is 2.46. The van der Waals surface area contributed by atoms with Gasteiger partial charge in [-0.1, -0.05) is 25.7 Å². The molecule has 2 aliphatic carbocycles. The lowest BCUT2D eigenvalue weighted by Gasteiger charge is -2.43. The number of benzene rings is 1. The van der Waals surface area contributed by atoms with Crippen LogP contribution in [0.15, 0.2) is 16.5 Å². The second-order valence-corrected chi connectivity index (χ2v) is 9.27. The Balaban J connectivity index is 1.49. The summed E-state index contributed by atoms with van der Waals surface area (Å²) in [6, 6.07) is 3.23. The van der Waals surface area contributed by atoms with Gasteiger partial charge in [0.1, 0.15) is 5.58 Å². The standard InChI is InChI=1S/C23H27F2N3O3/c1-13-10-14-11-16(20(29)26-12-23(24,25)15-6-5-7-15)31-19(14)17-18(13)27-21(30)28-22(17)8-3-2-4-9-22/h10-11,15H,2-9,12H2,1H3,(H,26,29)(H2,27,28,30). The van der Waals surface area contributed by atoms with Gasteiger partial charge >= 0.3 is 6.03 Å². The Morgan fingerprint density at radius 1 is 1.23 bits per heavy atom. The zero-order valence-corrected chi connectivity index (χ0v) is 17.6. The van der Waals surface area contributed by atoms with E-state index >= 15 is 0 Å². The summed E-state index contributed by atoms with van der Waals surface area (Å²) in [6.45, 7) is 1.22. The topological polar surface area (TPSA) is 83.4 Å². The number of fused-ring (bicyclic) bond motifs is 4. The van der Waals surface area contributed by atoms with E-state index in [-0.39, 0.29) is 11.8 Å². The van der Waals surface area contributed by atoms with Gasteiger partial charge < -0.3 is 20.4 Å². The maximum absolute atomic E-state index is 14.2. The first kappa shape index (κ1) is 20.3. The molecule has 166 valence electrons. The van der Waals surface area contributed by atoms with Crippen molar-refractivity contribution in [1.82, 2.24) is 10.6 Å². The van der Waals surface area contributed by atoms with Crippen LogP contribution in [0, 0.1) is 12.8 Å². The Morgan fingerprint density at radius 2 is 1.97 bits per heavy atom. The molecule has 2 aromatic rings. The lowest BCUT2D eigenvalue weighted by molar-refractivity contribution is -0.0829.